The summed E-state index contributed by atoms with van der Waals surface area (Å²) in [6.07, 6.45) is 30.7. The summed E-state index contributed by atoms with van der Waals surface area (Å²) in [5.74, 6) is -2.47. The average molecular weight is 823 g/mol. The van der Waals surface area contributed by atoms with E-state index in [2.05, 4.69) is 69.0 Å². The molecule has 34 heavy (non-hydrogen) atoms. The first-order valence-corrected chi connectivity index (χ1v) is 10.6. The van der Waals surface area contributed by atoms with Crippen molar-refractivity contribution in [2.75, 3.05) is 0 Å². The smallest absolute Gasteiger partial charge is 0.543 e. The minimum atomic E-state index is -1.23. The number of allylic oxidation sites excluding steroid dienone is 8. The molecule has 0 saturated carbocycles. The van der Waals surface area contributed by atoms with E-state index in [0.717, 1.165) is 0 Å². The van der Waals surface area contributed by atoms with Gasteiger partial charge < -0.3 is 19.8 Å². The number of rotatable bonds is 2. The second-order valence-corrected chi connectivity index (χ2v) is 6.71. The molecule has 0 fully saturated rings. The fourth-order valence-corrected chi connectivity index (χ4v) is 2.45. The van der Waals surface area contributed by atoms with Crippen molar-refractivity contribution >= 4 is 11.9 Å². The van der Waals surface area contributed by atoms with E-state index in [9.17, 15) is 19.8 Å². The third-order valence-electron chi connectivity index (χ3n) is 4.11. The number of nitrogens with one attached hydrogen (secondary N) is 2. The standard InChI is InChI=1S/2C8H12.2C4H4N2O2.2Ir/c2*1-2-4-6-8-7-5-3-1;2*7-4(8)3-1-2-5-6-3;;/h2*1-2,7-8H,3-6H2;2*1-2H,(H,5,6)(H,7,8);;/q;;;;2*+3/p-2. The van der Waals surface area contributed by atoms with E-state index in [1.54, 1.807) is 0 Å². The maximum absolute atomic E-state index is 9.88. The van der Waals surface area contributed by atoms with E-state index in [4.69, 9.17) is 0 Å². The Kier molecular flexibility index (Phi) is 23.6. The third kappa shape index (κ3) is 19.1. The van der Waals surface area contributed by atoms with Gasteiger partial charge in [-0.3, -0.25) is 10.2 Å². The zero-order chi connectivity index (χ0) is 23.3. The van der Waals surface area contributed by atoms with Crippen LogP contribution in [0.25, 0.3) is 0 Å². The van der Waals surface area contributed by atoms with Crippen LogP contribution in [0.15, 0.2) is 73.1 Å². The van der Waals surface area contributed by atoms with Gasteiger partial charge in [-0.25, -0.2) is 0 Å². The number of carbonyl (C=O) groups excluding carboxylic acids is 2. The molecule has 184 valence electrons. The molecule has 2 aromatic rings. The van der Waals surface area contributed by atoms with Crippen LogP contribution in [0.5, 0.6) is 0 Å². The van der Waals surface area contributed by atoms with Gasteiger partial charge in [-0.15, -0.1) is 0 Å². The first-order chi connectivity index (χ1) is 15.6. The predicted molar refractivity (Wildman–Crippen MR) is 119 cm³/mol. The Balaban J connectivity index is 0. The maximum atomic E-state index is 9.88. The van der Waals surface area contributed by atoms with Crippen molar-refractivity contribution in [3.8, 4) is 0 Å². The SMILES string of the molecule is C1=CCCC=CCC1.C1=CCCC=CCC1.O=C([O-])c1ccn[nH]1.O=C([O-])c1ccn[nH]1.[Ir+3].[Ir+3]. The summed E-state index contributed by atoms with van der Waals surface area (Å²) in [5.41, 5.74) is 0.00926. The molecule has 2 N–H and O–H groups in total. The van der Waals surface area contributed by atoms with E-state index in [0.29, 0.717) is 0 Å². The van der Waals surface area contributed by atoms with Crippen LogP contribution in [0.3, 0.4) is 0 Å². The van der Waals surface area contributed by atoms with Crippen molar-refractivity contribution in [1.82, 2.24) is 20.4 Å². The zero-order valence-corrected chi connectivity index (χ0v) is 23.6. The molecular weight excluding hydrogens is 793 g/mol. The Morgan fingerprint density at radius 2 is 0.794 bits per heavy atom. The maximum Gasteiger partial charge on any atom is 3.00 e. The van der Waals surface area contributed by atoms with Gasteiger partial charge in [-0.2, -0.15) is 10.2 Å². The van der Waals surface area contributed by atoms with Crippen LogP contribution in [-0.2, 0) is 40.2 Å². The topological polar surface area (TPSA) is 138 Å². The van der Waals surface area contributed by atoms with Gasteiger partial charge in [0.25, 0.3) is 0 Å². The molecule has 0 aliphatic heterocycles. The molecule has 2 aliphatic carbocycles. The van der Waals surface area contributed by atoms with Gasteiger partial charge in [0.2, 0.25) is 0 Å². The van der Waals surface area contributed by atoms with E-state index in [-0.39, 0.29) is 51.6 Å². The Morgan fingerprint density at radius 1 is 0.559 bits per heavy atom. The summed E-state index contributed by atoms with van der Waals surface area (Å²) in [4.78, 5) is 19.8. The van der Waals surface area contributed by atoms with Gasteiger partial charge in [-0.05, 0) is 63.5 Å². The number of H-pyrrole nitrogens is 2. The fraction of sp³-hybridized carbons (Fsp3) is 0.333. The normalized spacial score (nSPS) is 13.6. The second-order valence-electron chi connectivity index (χ2n) is 6.71. The van der Waals surface area contributed by atoms with Gasteiger partial charge in [0.1, 0.15) is 0 Å². The summed E-state index contributed by atoms with van der Waals surface area (Å²) in [5, 5.41) is 31.0. The summed E-state index contributed by atoms with van der Waals surface area (Å²) in [7, 11) is 0. The van der Waals surface area contributed by atoms with Gasteiger partial charge in [-0.1, -0.05) is 48.6 Å². The first kappa shape index (κ1) is 33.8. The zero-order valence-electron chi connectivity index (χ0n) is 18.8. The first-order valence-electron chi connectivity index (χ1n) is 10.6. The molecule has 0 bridgehead atoms. The van der Waals surface area contributed by atoms with Crippen LogP contribution in [0, 0.1) is 0 Å². The molecule has 0 spiro atoms. The fourth-order valence-electron chi connectivity index (χ4n) is 2.45. The van der Waals surface area contributed by atoms with Crippen LogP contribution < -0.4 is 10.2 Å². The van der Waals surface area contributed by atoms with Gasteiger partial charge in [0.15, 0.2) is 0 Å². The van der Waals surface area contributed by atoms with Crippen molar-refractivity contribution in [2.24, 2.45) is 0 Å². The van der Waals surface area contributed by atoms with Crippen LogP contribution in [-0.4, -0.2) is 32.3 Å². The molecule has 0 saturated heterocycles. The molecule has 10 heteroatoms. The van der Waals surface area contributed by atoms with E-state index in [1.807, 2.05) is 0 Å². The minimum Gasteiger partial charge on any atom is -0.543 e. The second kappa shape index (κ2) is 23.8. The van der Waals surface area contributed by atoms with E-state index >= 15 is 0 Å². The van der Waals surface area contributed by atoms with Gasteiger partial charge in [0, 0.05) is 12.4 Å². The number of hydrogen-bond donors (Lipinski definition) is 2. The predicted octanol–water partition coefficient (Wildman–Crippen LogP) is 2.89. The van der Waals surface area contributed by atoms with Crippen LogP contribution in [0.2, 0.25) is 0 Å². The Labute approximate surface area is 227 Å². The number of hydrogen-bond acceptors (Lipinski definition) is 6. The van der Waals surface area contributed by atoms with E-state index < -0.39 is 11.9 Å². The van der Waals surface area contributed by atoms with Crippen molar-refractivity contribution in [2.45, 2.75) is 51.4 Å². The number of aromatic amines is 2. The van der Waals surface area contributed by atoms with Crippen LogP contribution >= 0.6 is 0 Å². The Morgan fingerprint density at radius 3 is 0.912 bits per heavy atom. The molecule has 0 amide bonds. The molecule has 8 nitrogen and oxygen atoms in total. The molecule has 0 atom stereocenters. The quantitative estimate of drug-likeness (QED) is 0.448. The molecule has 2 aromatic heterocycles. The largest absolute Gasteiger partial charge is 3.00 e. The number of carboxylic acid groups (broad SMARTS) is 2. The molecule has 0 aromatic carbocycles. The van der Waals surface area contributed by atoms with Crippen molar-refractivity contribution in [3.05, 3.63) is 84.5 Å². The summed E-state index contributed by atoms with van der Waals surface area (Å²) in [6.45, 7) is 0. The number of aromatic nitrogens is 4. The molecule has 0 unspecified atom stereocenters. The summed E-state index contributed by atoms with van der Waals surface area (Å²) >= 11 is 0. The van der Waals surface area contributed by atoms with Gasteiger partial charge in [0.05, 0.1) is 23.3 Å². The number of aromatic carboxylic acids is 2. The minimum absolute atomic E-state index is 0. The monoisotopic (exact) mass is 824 g/mol. The Hall–Kier alpha value is -2.38. The van der Waals surface area contributed by atoms with Crippen molar-refractivity contribution in [3.63, 3.8) is 0 Å². The molecule has 2 heterocycles. The molecule has 4 rings (SSSR count). The molecule has 0 radical (unpaired) electrons. The summed E-state index contributed by atoms with van der Waals surface area (Å²) in [6, 6.07) is 2.66. The average Bonchev–Trinajstić information content (AvgIpc) is 3.43. The van der Waals surface area contributed by atoms with Crippen LogP contribution in [0.1, 0.15) is 72.3 Å². The van der Waals surface area contributed by atoms with Crippen molar-refractivity contribution < 1.29 is 60.0 Å². The molecular formula is C24H30Ir2N4O4+4. The van der Waals surface area contributed by atoms with Gasteiger partial charge >= 0.3 is 40.2 Å². The van der Waals surface area contributed by atoms with Crippen molar-refractivity contribution in [1.29, 1.82) is 0 Å². The van der Waals surface area contributed by atoms with E-state index in [1.165, 1.54) is 75.9 Å². The Bertz CT molecular complexity index is 737. The van der Waals surface area contributed by atoms with Crippen LogP contribution in [0.4, 0.5) is 0 Å². The number of nitrogens with zero attached hydrogens (tertiary/aromatic N) is 2. The number of carbonyl (C=O) groups is 2. The number of carboxylic acids is 2. The summed E-state index contributed by atoms with van der Waals surface area (Å²) < 4.78 is 0. The third-order valence-corrected chi connectivity index (χ3v) is 4.11. The molecule has 2 aliphatic rings.